The van der Waals surface area contributed by atoms with Gasteiger partial charge in [0.15, 0.2) is 5.78 Å². The van der Waals surface area contributed by atoms with E-state index in [9.17, 15) is 14.4 Å². The van der Waals surface area contributed by atoms with Crippen LogP contribution in [0.5, 0.6) is 0 Å². The molecule has 2 aromatic carbocycles. The van der Waals surface area contributed by atoms with Gasteiger partial charge in [-0.1, -0.05) is 60.7 Å². The second-order valence-electron chi connectivity index (χ2n) is 5.36. The topological polar surface area (TPSA) is 51.2 Å². The number of carbonyl (C=O) groups is 3. The van der Waals surface area contributed by atoms with Crippen LogP contribution in [-0.2, 0) is 9.59 Å². The monoisotopic (exact) mass is 306 g/mol. The second kappa shape index (κ2) is 7.45. The number of ketones is 3. The van der Waals surface area contributed by atoms with Crippen molar-refractivity contribution < 1.29 is 14.4 Å². The SMILES string of the molecule is CC(=O)C(C(C)=O)/C(=C\c1ccccc1)C(=O)c1ccccc1. The van der Waals surface area contributed by atoms with E-state index in [4.69, 9.17) is 0 Å². The van der Waals surface area contributed by atoms with Gasteiger partial charge in [0.25, 0.3) is 0 Å². The van der Waals surface area contributed by atoms with Gasteiger partial charge in [-0.3, -0.25) is 14.4 Å². The Morgan fingerprint density at radius 1 is 0.783 bits per heavy atom. The zero-order valence-electron chi connectivity index (χ0n) is 13.2. The van der Waals surface area contributed by atoms with Gasteiger partial charge in [0.05, 0.1) is 0 Å². The first-order valence-electron chi connectivity index (χ1n) is 7.38. The number of rotatable bonds is 6. The highest BCUT2D eigenvalue weighted by atomic mass is 16.2. The molecule has 0 amide bonds. The Labute approximate surface area is 135 Å². The Hall–Kier alpha value is -2.81. The fourth-order valence-corrected chi connectivity index (χ4v) is 2.49. The molecular weight excluding hydrogens is 288 g/mol. The molecule has 0 spiro atoms. The Morgan fingerprint density at radius 3 is 1.74 bits per heavy atom. The van der Waals surface area contributed by atoms with Crippen LogP contribution in [0, 0.1) is 5.92 Å². The van der Waals surface area contributed by atoms with Gasteiger partial charge < -0.3 is 0 Å². The molecule has 0 heterocycles. The Bertz CT molecular complexity index is 729. The molecule has 0 aromatic heterocycles. The van der Waals surface area contributed by atoms with Crippen LogP contribution in [0.3, 0.4) is 0 Å². The minimum absolute atomic E-state index is 0.211. The lowest BCUT2D eigenvalue weighted by atomic mass is 9.85. The number of Topliss-reactive ketones (excluding diaryl/α,β-unsaturated/α-hetero) is 3. The summed E-state index contributed by atoms with van der Waals surface area (Å²) >= 11 is 0. The van der Waals surface area contributed by atoms with Crippen molar-refractivity contribution in [1.29, 1.82) is 0 Å². The molecule has 0 N–H and O–H groups in total. The number of allylic oxidation sites excluding steroid dienone is 1. The van der Waals surface area contributed by atoms with Crippen molar-refractivity contribution >= 4 is 23.4 Å². The van der Waals surface area contributed by atoms with Crippen molar-refractivity contribution in [3.63, 3.8) is 0 Å². The molecule has 116 valence electrons. The molecule has 0 aliphatic carbocycles. The highest BCUT2D eigenvalue weighted by Gasteiger charge is 2.29. The molecule has 0 fully saturated rings. The number of hydrogen-bond acceptors (Lipinski definition) is 3. The summed E-state index contributed by atoms with van der Waals surface area (Å²) in [6.07, 6.45) is 1.63. The fraction of sp³-hybridized carbons (Fsp3) is 0.150. The van der Waals surface area contributed by atoms with Gasteiger partial charge in [0.2, 0.25) is 0 Å². The molecular formula is C20H18O3. The second-order valence-corrected chi connectivity index (χ2v) is 5.36. The van der Waals surface area contributed by atoms with E-state index in [2.05, 4.69) is 0 Å². The normalized spacial score (nSPS) is 11.3. The molecule has 0 atom stereocenters. The molecule has 0 bridgehead atoms. The third-order valence-corrected chi connectivity index (χ3v) is 3.54. The Morgan fingerprint density at radius 2 is 1.26 bits per heavy atom. The Kier molecular flexibility index (Phi) is 5.36. The summed E-state index contributed by atoms with van der Waals surface area (Å²) in [5.41, 5.74) is 1.45. The standard InChI is InChI=1S/C20H18O3/c1-14(21)19(15(2)22)18(13-16-9-5-3-6-10-16)20(23)17-11-7-4-8-12-17/h3-13,19H,1-2H3/b18-13+. The van der Waals surface area contributed by atoms with Crippen molar-refractivity contribution in [3.05, 3.63) is 77.4 Å². The lowest BCUT2D eigenvalue weighted by molar-refractivity contribution is -0.128. The molecule has 0 saturated carbocycles. The van der Waals surface area contributed by atoms with Gasteiger partial charge in [-0.25, -0.2) is 0 Å². The summed E-state index contributed by atoms with van der Waals surface area (Å²) < 4.78 is 0. The minimum Gasteiger partial charge on any atom is -0.299 e. The Balaban J connectivity index is 2.56. The van der Waals surface area contributed by atoms with E-state index in [0.29, 0.717) is 5.56 Å². The zero-order valence-corrected chi connectivity index (χ0v) is 13.2. The van der Waals surface area contributed by atoms with Gasteiger partial charge in [0, 0.05) is 11.1 Å². The van der Waals surface area contributed by atoms with Crippen LogP contribution in [-0.4, -0.2) is 17.3 Å². The maximum absolute atomic E-state index is 12.8. The van der Waals surface area contributed by atoms with Gasteiger partial charge in [-0.15, -0.1) is 0 Å². The van der Waals surface area contributed by atoms with Crippen LogP contribution in [0.4, 0.5) is 0 Å². The first kappa shape index (κ1) is 16.6. The quantitative estimate of drug-likeness (QED) is 0.464. The first-order chi connectivity index (χ1) is 11.0. The van der Waals surface area contributed by atoms with Gasteiger partial charge >= 0.3 is 0 Å². The van der Waals surface area contributed by atoms with E-state index in [1.807, 2.05) is 36.4 Å². The predicted molar refractivity (Wildman–Crippen MR) is 90.0 cm³/mol. The van der Waals surface area contributed by atoms with E-state index in [1.54, 1.807) is 30.3 Å². The van der Waals surface area contributed by atoms with Gasteiger partial charge in [0.1, 0.15) is 17.5 Å². The van der Waals surface area contributed by atoms with Crippen LogP contribution in [0.15, 0.2) is 66.2 Å². The molecule has 3 nitrogen and oxygen atoms in total. The minimum atomic E-state index is -1.04. The lowest BCUT2D eigenvalue weighted by Gasteiger charge is -2.15. The average molecular weight is 306 g/mol. The number of carbonyl (C=O) groups excluding carboxylic acids is 3. The molecule has 0 aliphatic rings. The molecule has 2 rings (SSSR count). The number of benzene rings is 2. The molecule has 3 heteroatoms. The summed E-state index contributed by atoms with van der Waals surface area (Å²) in [7, 11) is 0. The third kappa shape index (κ3) is 4.10. The fourth-order valence-electron chi connectivity index (χ4n) is 2.49. The van der Waals surface area contributed by atoms with Gasteiger partial charge in [-0.05, 0) is 25.5 Å². The van der Waals surface area contributed by atoms with E-state index in [-0.39, 0.29) is 22.9 Å². The van der Waals surface area contributed by atoms with E-state index < -0.39 is 5.92 Å². The summed E-state index contributed by atoms with van der Waals surface area (Å²) in [5.74, 6) is -2.00. The van der Waals surface area contributed by atoms with Crippen molar-refractivity contribution in [2.24, 2.45) is 5.92 Å². The molecule has 23 heavy (non-hydrogen) atoms. The maximum Gasteiger partial charge on any atom is 0.190 e. The molecule has 0 radical (unpaired) electrons. The molecule has 0 saturated heterocycles. The predicted octanol–water partition coefficient (Wildman–Crippen LogP) is 3.75. The van der Waals surface area contributed by atoms with Crippen LogP contribution < -0.4 is 0 Å². The van der Waals surface area contributed by atoms with Crippen molar-refractivity contribution in [1.82, 2.24) is 0 Å². The zero-order chi connectivity index (χ0) is 16.8. The average Bonchev–Trinajstić information content (AvgIpc) is 2.54. The summed E-state index contributed by atoms with van der Waals surface area (Å²) in [4.78, 5) is 36.7. The van der Waals surface area contributed by atoms with E-state index in [0.717, 1.165) is 5.56 Å². The van der Waals surface area contributed by atoms with Crippen LogP contribution >= 0.6 is 0 Å². The summed E-state index contributed by atoms with van der Waals surface area (Å²) in [6.45, 7) is 2.67. The highest BCUT2D eigenvalue weighted by molar-refractivity contribution is 6.20. The largest absolute Gasteiger partial charge is 0.299 e. The molecule has 0 aliphatic heterocycles. The van der Waals surface area contributed by atoms with E-state index >= 15 is 0 Å². The molecule has 0 unspecified atom stereocenters. The number of hydrogen-bond donors (Lipinski definition) is 0. The van der Waals surface area contributed by atoms with Crippen LogP contribution in [0.1, 0.15) is 29.8 Å². The summed E-state index contributed by atoms with van der Waals surface area (Å²) in [5, 5.41) is 0. The van der Waals surface area contributed by atoms with Crippen molar-refractivity contribution in [2.45, 2.75) is 13.8 Å². The summed E-state index contributed by atoms with van der Waals surface area (Å²) in [6, 6.07) is 17.9. The van der Waals surface area contributed by atoms with E-state index in [1.165, 1.54) is 13.8 Å². The van der Waals surface area contributed by atoms with Gasteiger partial charge in [-0.2, -0.15) is 0 Å². The maximum atomic E-state index is 12.8. The van der Waals surface area contributed by atoms with Crippen molar-refractivity contribution in [2.75, 3.05) is 0 Å². The van der Waals surface area contributed by atoms with Crippen LogP contribution in [0.25, 0.3) is 6.08 Å². The van der Waals surface area contributed by atoms with Crippen LogP contribution in [0.2, 0.25) is 0 Å². The van der Waals surface area contributed by atoms with Crippen molar-refractivity contribution in [3.8, 4) is 0 Å². The smallest absolute Gasteiger partial charge is 0.190 e. The molecule has 2 aromatic rings. The third-order valence-electron chi connectivity index (χ3n) is 3.54. The first-order valence-corrected chi connectivity index (χ1v) is 7.38. The highest BCUT2D eigenvalue weighted by Crippen LogP contribution is 2.22. The lowest BCUT2D eigenvalue weighted by Crippen LogP contribution is -2.26.